The van der Waals surface area contributed by atoms with Gasteiger partial charge < -0.3 is 0 Å². The fourth-order valence-electron chi connectivity index (χ4n) is 1.70. The number of nitrogens with one attached hydrogen (secondary N) is 2. The first-order valence-corrected chi connectivity index (χ1v) is 7.21. The second kappa shape index (κ2) is 6.06. The van der Waals surface area contributed by atoms with Crippen LogP contribution in [0.2, 0.25) is 5.02 Å². The molecule has 4 nitrogen and oxygen atoms in total. The monoisotopic (exact) mass is 310 g/mol. The highest BCUT2D eigenvalue weighted by Gasteiger charge is 2.24. The maximum atomic E-state index is 12.3. The zero-order valence-electron chi connectivity index (χ0n) is 13.4. The number of halogens is 1. The van der Waals surface area contributed by atoms with Crippen molar-refractivity contribution < 1.29 is 9.59 Å². The van der Waals surface area contributed by atoms with Crippen molar-refractivity contribution in [1.29, 1.82) is 0 Å². The molecule has 2 N–H and O–H groups in total. The number of hydrogen-bond donors (Lipinski definition) is 2. The third kappa shape index (κ3) is 4.74. The van der Waals surface area contributed by atoms with E-state index in [1.807, 2.05) is 20.8 Å². The van der Waals surface area contributed by atoms with Crippen LogP contribution in [0.15, 0.2) is 18.2 Å². The Morgan fingerprint density at radius 1 is 1.00 bits per heavy atom. The normalized spacial score (nSPS) is 12.0. The Morgan fingerprint density at radius 2 is 1.57 bits per heavy atom. The lowest BCUT2D eigenvalue weighted by Gasteiger charge is -2.23. The molecule has 21 heavy (non-hydrogen) atoms. The molecule has 0 aliphatic carbocycles. The molecule has 0 spiro atoms. The Morgan fingerprint density at radius 3 is 2.05 bits per heavy atom. The molecule has 0 unspecified atom stereocenters. The lowest BCUT2D eigenvalue weighted by Crippen LogP contribution is -2.47. The number of rotatable bonds is 1. The van der Waals surface area contributed by atoms with Gasteiger partial charge in [0.05, 0.1) is 0 Å². The lowest BCUT2D eigenvalue weighted by atomic mass is 9.83. The Kier molecular flexibility index (Phi) is 5.05. The summed E-state index contributed by atoms with van der Waals surface area (Å²) in [5, 5.41) is 0.579. The van der Waals surface area contributed by atoms with Gasteiger partial charge in [0.1, 0.15) is 0 Å². The van der Waals surface area contributed by atoms with E-state index in [-0.39, 0.29) is 17.2 Å². The molecule has 116 valence electrons. The van der Waals surface area contributed by atoms with Crippen LogP contribution in [0.3, 0.4) is 0 Å². The van der Waals surface area contributed by atoms with Crippen molar-refractivity contribution in [3.05, 3.63) is 34.3 Å². The van der Waals surface area contributed by atoms with Crippen molar-refractivity contribution in [3.63, 3.8) is 0 Å². The molecule has 2 amide bonds. The predicted octanol–water partition coefficient (Wildman–Crippen LogP) is 3.44. The van der Waals surface area contributed by atoms with Crippen molar-refractivity contribution in [1.82, 2.24) is 10.9 Å². The zero-order chi connectivity index (χ0) is 16.4. The zero-order valence-corrected chi connectivity index (χ0v) is 14.2. The van der Waals surface area contributed by atoms with E-state index in [1.165, 1.54) is 0 Å². The molecule has 0 saturated carbocycles. The molecule has 1 rings (SSSR count). The van der Waals surface area contributed by atoms with E-state index in [9.17, 15) is 9.59 Å². The van der Waals surface area contributed by atoms with Gasteiger partial charge in [-0.15, -0.1) is 0 Å². The minimum Gasteiger partial charge on any atom is -0.273 e. The van der Waals surface area contributed by atoms with Crippen LogP contribution in [0.25, 0.3) is 0 Å². The standard InChI is InChI=1S/C16H23ClN2O2/c1-15(2,3)12-9-10(17)7-8-11(12)13(20)18-19-14(21)16(4,5)6/h7-9H,1-6H3,(H,18,20)(H,19,21). The van der Waals surface area contributed by atoms with Crippen LogP contribution >= 0.6 is 11.6 Å². The van der Waals surface area contributed by atoms with Crippen molar-refractivity contribution in [2.45, 2.75) is 47.0 Å². The van der Waals surface area contributed by atoms with Crippen LogP contribution in [0.1, 0.15) is 57.5 Å². The minimum atomic E-state index is -0.569. The highest BCUT2D eigenvalue weighted by molar-refractivity contribution is 6.30. The summed E-state index contributed by atoms with van der Waals surface area (Å²) in [6.07, 6.45) is 0. The topological polar surface area (TPSA) is 58.2 Å². The van der Waals surface area contributed by atoms with Gasteiger partial charge in [-0.1, -0.05) is 53.1 Å². The van der Waals surface area contributed by atoms with Crippen molar-refractivity contribution in [2.24, 2.45) is 5.41 Å². The minimum absolute atomic E-state index is 0.231. The average Bonchev–Trinajstić information content (AvgIpc) is 2.33. The summed E-state index contributed by atoms with van der Waals surface area (Å²) in [5.74, 6) is -0.601. The molecule has 0 aromatic heterocycles. The van der Waals surface area contributed by atoms with Gasteiger partial charge in [0.25, 0.3) is 5.91 Å². The molecule has 0 aliphatic rings. The lowest BCUT2D eigenvalue weighted by molar-refractivity contribution is -0.129. The van der Waals surface area contributed by atoms with Gasteiger partial charge in [-0.25, -0.2) is 0 Å². The van der Waals surface area contributed by atoms with Crippen LogP contribution in [-0.4, -0.2) is 11.8 Å². The third-order valence-corrected chi connectivity index (χ3v) is 3.24. The number of carbonyl (C=O) groups excluding carboxylic acids is 2. The first-order chi connectivity index (χ1) is 9.43. The van der Waals surface area contributed by atoms with Crippen LogP contribution in [0.4, 0.5) is 0 Å². The summed E-state index contributed by atoms with van der Waals surface area (Å²) in [4.78, 5) is 24.1. The largest absolute Gasteiger partial charge is 0.273 e. The number of hydrogen-bond acceptors (Lipinski definition) is 2. The third-order valence-electron chi connectivity index (χ3n) is 3.01. The molecule has 0 radical (unpaired) electrons. The van der Waals surface area contributed by atoms with Crippen LogP contribution in [-0.2, 0) is 10.2 Å². The Hall–Kier alpha value is -1.55. The summed E-state index contributed by atoms with van der Waals surface area (Å²) >= 11 is 6.01. The van der Waals surface area contributed by atoms with Gasteiger partial charge in [0.2, 0.25) is 5.91 Å². The molecule has 0 saturated heterocycles. The second-order valence-electron chi connectivity index (χ2n) is 7.10. The van der Waals surface area contributed by atoms with Crippen LogP contribution < -0.4 is 10.9 Å². The summed E-state index contributed by atoms with van der Waals surface area (Å²) in [7, 11) is 0. The molecule has 0 aliphatic heterocycles. The van der Waals surface area contributed by atoms with Gasteiger partial charge in [0, 0.05) is 16.0 Å². The molecular formula is C16H23ClN2O2. The fourth-order valence-corrected chi connectivity index (χ4v) is 1.88. The van der Waals surface area contributed by atoms with Crippen LogP contribution in [0, 0.1) is 5.41 Å². The van der Waals surface area contributed by atoms with Gasteiger partial charge >= 0.3 is 0 Å². The molecule has 1 aromatic rings. The SMILES string of the molecule is CC(C)(C)C(=O)NNC(=O)c1ccc(Cl)cc1C(C)(C)C. The highest BCUT2D eigenvalue weighted by atomic mass is 35.5. The van der Waals surface area contributed by atoms with E-state index in [0.29, 0.717) is 10.6 Å². The van der Waals surface area contributed by atoms with Gasteiger partial charge in [-0.05, 0) is 29.2 Å². The van der Waals surface area contributed by atoms with E-state index in [0.717, 1.165) is 5.56 Å². The van der Waals surface area contributed by atoms with Crippen molar-refractivity contribution >= 4 is 23.4 Å². The summed E-state index contributed by atoms with van der Waals surface area (Å²) < 4.78 is 0. The first-order valence-electron chi connectivity index (χ1n) is 6.84. The van der Waals surface area contributed by atoms with Crippen LogP contribution in [0.5, 0.6) is 0 Å². The molecule has 5 heteroatoms. The molecule has 0 heterocycles. The number of benzene rings is 1. The van der Waals surface area contributed by atoms with Gasteiger partial charge in [-0.2, -0.15) is 0 Å². The second-order valence-corrected chi connectivity index (χ2v) is 7.53. The van der Waals surface area contributed by atoms with E-state index in [4.69, 9.17) is 11.6 Å². The maximum absolute atomic E-state index is 12.3. The Labute approximate surface area is 131 Å². The maximum Gasteiger partial charge on any atom is 0.269 e. The van der Waals surface area contributed by atoms with Gasteiger partial charge in [-0.3, -0.25) is 20.4 Å². The molecular weight excluding hydrogens is 288 g/mol. The number of amides is 2. The summed E-state index contributed by atoms with van der Waals surface area (Å²) in [6, 6.07) is 5.11. The quantitative estimate of drug-likeness (QED) is 0.781. The smallest absolute Gasteiger partial charge is 0.269 e. The van der Waals surface area contributed by atoms with Gasteiger partial charge in [0.15, 0.2) is 0 Å². The van der Waals surface area contributed by atoms with E-state index in [1.54, 1.807) is 39.0 Å². The molecule has 0 bridgehead atoms. The van der Waals surface area contributed by atoms with E-state index in [2.05, 4.69) is 10.9 Å². The van der Waals surface area contributed by atoms with E-state index < -0.39 is 5.41 Å². The van der Waals surface area contributed by atoms with Crippen molar-refractivity contribution in [2.75, 3.05) is 0 Å². The number of hydrazine groups is 1. The van der Waals surface area contributed by atoms with E-state index >= 15 is 0 Å². The average molecular weight is 311 g/mol. The molecule has 1 aromatic carbocycles. The Balaban J connectivity index is 2.96. The van der Waals surface area contributed by atoms with Crippen molar-refractivity contribution in [3.8, 4) is 0 Å². The Bertz CT molecular complexity index is 554. The molecule has 0 fully saturated rings. The highest BCUT2D eigenvalue weighted by Crippen LogP contribution is 2.28. The molecule has 0 atom stereocenters. The summed E-state index contributed by atoms with van der Waals surface area (Å²) in [6.45, 7) is 11.3. The first kappa shape index (κ1) is 17.5. The fraction of sp³-hybridized carbons (Fsp3) is 0.500. The number of carbonyl (C=O) groups is 2. The summed E-state index contributed by atoms with van der Waals surface area (Å²) in [5.41, 5.74) is 5.43. The predicted molar refractivity (Wildman–Crippen MR) is 85.2 cm³/mol.